The molecule has 2 aromatic heterocycles. The molecule has 13 nitrogen and oxygen atoms in total. The SMILES string of the molecule is CCC1(OC(=O)CCCNC(=O)OC(C)(C)C)C(=O)OCc2c1cc1n(c2=O)Cc2c-1nc1ccc(NC(=O)OC(C)(C)C)cc1c2CC[Si](C)(C)C. The Kier molecular flexibility index (Phi) is 10.9. The molecule has 0 saturated heterocycles. The lowest BCUT2D eigenvalue weighted by molar-refractivity contribution is -0.189. The number of anilines is 1. The quantitative estimate of drug-likeness (QED) is 0.0736. The van der Waals surface area contributed by atoms with Crippen molar-refractivity contribution < 1.29 is 38.1 Å². The number of benzene rings is 1. The van der Waals surface area contributed by atoms with E-state index in [1.54, 1.807) is 65.2 Å². The van der Waals surface area contributed by atoms with E-state index in [0.717, 1.165) is 29.0 Å². The summed E-state index contributed by atoms with van der Waals surface area (Å²) in [6.07, 6.45) is -0.225. The lowest BCUT2D eigenvalue weighted by atomic mass is 9.85. The fourth-order valence-corrected chi connectivity index (χ4v) is 7.59. The van der Waals surface area contributed by atoms with E-state index < -0.39 is 49.0 Å². The molecule has 5 rings (SSSR count). The van der Waals surface area contributed by atoms with Crippen LogP contribution in [-0.2, 0) is 53.7 Å². The minimum Gasteiger partial charge on any atom is -0.457 e. The van der Waals surface area contributed by atoms with E-state index >= 15 is 0 Å². The van der Waals surface area contributed by atoms with Gasteiger partial charge in [0.15, 0.2) is 0 Å². The van der Waals surface area contributed by atoms with Gasteiger partial charge in [0.2, 0.25) is 5.60 Å². The fourth-order valence-electron chi connectivity index (χ4n) is 6.59. The molecule has 2 amide bonds. The monoisotopic (exact) mass is 748 g/mol. The van der Waals surface area contributed by atoms with E-state index in [0.29, 0.717) is 28.2 Å². The van der Waals surface area contributed by atoms with Crippen LogP contribution in [0.2, 0.25) is 25.7 Å². The summed E-state index contributed by atoms with van der Waals surface area (Å²) in [5, 5.41) is 6.32. The third kappa shape index (κ3) is 8.91. The number of hydrogen-bond acceptors (Lipinski definition) is 10. The first-order valence-corrected chi connectivity index (χ1v) is 21.9. The third-order valence-electron chi connectivity index (χ3n) is 9.06. The molecule has 1 atom stereocenters. The number of carbonyl (C=O) groups excluding carboxylic acids is 4. The van der Waals surface area contributed by atoms with Gasteiger partial charge in [-0.1, -0.05) is 32.6 Å². The molecule has 4 heterocycles. The van der Waals surface area contributed by atoms with Crippen LogP contribution in [0.1, 0.15) is 90.0 Å². The van der Waals surface area contributed by atoms with Gasteiger partial charge in [0.25, 0.3) is 5.56 Å². The number of fused-ring (bicyclic) bond motifs is 5. The molecule has 0 aliphatic carbocycles. The van der Waals surface area contributed by atoms with Crippen LogP contribution in [0.15, 0.2) is 29.1 Å². The van der Waals surface area contributed by atoms with Crippen molar-refractivity contribution in [1.29, 1.82) is 0 Å². The van der Waals surface area contributed by atoms with Crippen molar-refractivity contribution in [2.75, 3.05) is 11.9 Å². The fraction of sp³-hybridized carbons (Fsp3) is 0.538. The van der Waals surface area contributed by atoms with Crippen LogP contribution in [-0.4, -0.2) is 59.5 Å². The van der Waals surface area contributed by atoms with E-state index in [9.17, 15) is 24.0 Å². The van der Waals surface area contributed by atoms with Gasteiger partial charge in [0, 0.05) is 43.2 Å². The number of amides is 2. The highest BCUT2D eigenvalue weighted by atomic mass is 28.3. The topological polar surface area (TPSA) is 164 Å². The molecule has 0 saturated carbocycles. The number of nitrogens with zero attached hydrogens (tertiary/aromatic N) is 2. The summed E-state index contributed by atoms with van der Waals surface area (Å²) in [6, 6.07) is 8.24. The second-order valence-electron chi connectivity index (χ2n) is 16.9. The number of aryl methyl sites for hydroxylation is 1. The summed E-state index contributed by atoms with van der Waals surface area (Å²) in [5.41, 5.74) is 1.40. The smallest absolute Gasteiger partial charge is 0.412 e. The largest absolute Gasteiger partial charge is 0.457 e. The van der Waals surface area contributed by atoms with E-state index in [-0.39, 0.29) is 50.1 Å². The van der Waals surface area contributed by atoms with Gasteiger partial charge in [-0.15, -0.1) is 0 Å². The first kappa shape index (κ1) is 39.5. The summed E-state index contributed by atoms with van der Waals surface area (Å²) in [4.78, 5) is 70.7. The van der Waals surface area contributed by atoms with Crippen molar-refractivity contribution in [2.24, 2.45) is 0 Å². The molecule has 0 radical (unpaired) electrons. The van der Waals surface area contributed by atoms with Crippen LogP contribution >= 0.6 is 0 Å². The Labute approximate surface area is 311 Å². The highest BCUT2D eigenvalue weighted by Gasteiger charge is 2.50. The molecule has 3 aromatic rings. The van der Waals surface area contributed by atoms with Crippen LogP contribution in [0.3, 0.4) is 0 Å². The first-order chi connectivity index (χ1) is 24.6. The molecule has 1 unspecified atom stereocenters. The molecule has 2 aliphatic rings. The summed E-state index contributed by atoms with van der Waals surface area (Å²) in [7, 11) is -1.52. The van der Waals surface area contributed by atoms with Gasteiger partial charge in [-0.3, -0.25) is 14.9 Å². The average Bonchev–Trinajstić information content (AvgIpc) is 3.39. The summed E-state index contributed by atoms with van der Waals surface area (Å²) in [6.45, 7) is 19.5. The second kappa shape index (κ2) is 14.6. The molecular weight excluding hydrogens is 697 g/mol. The normalized spacial score (nSPS) is 16.6. The molecule has 2 N–H and O–H groups in total. The summed E-state index contributed by atoms with van der Waals surface area (Å²) < 4.78 is 23.8. The van der Waals surface area contributed by atoms with E-state index in [1.807, 2.05) is 12.1 Å². The number of aromatic nitrogens is 2. The predicted octanol–water partition coefficient (Wildman–Crippen LogP) is 7.16. The first-order valence-electron chi connectivity index (χ1n) is 18.2. The highest BCUT2D eigenvalue weighted by Crippen LogP contribution is 2.43. The Balaban J connectivity index is 1.51. The van der Waals surface area contributed by atoms with E-state index in [4.69, 9.17) is 23.9 Å². The van der Waals surface area contributed by atoms with Crippen LogP contribution in [0, 0.1) is 0 Å². The summed E-state index contributed by atoms with van der Waals surface area (Å²) in [5.74, 6) is -1.42. The summed E-state index contributed by atoms with van der Waals surface area (Å²) >= 11 is 0. The van der Waals surface area contributed by atoms with Crippen LogP contribution in [0.4, 0.5) is 15.3 Å². The minimum atomic E-state index is -1.83. The molecule has 1 aromatic carbocycles. The second-order valence-corrected chi connectivity index (χ2v) is 22.5. The van der Waals surface area contributed by atoms with Gasteiger partial charge in [-0.05, 0) is 90.6 Å². The molecule has 53 heavy (non-hydrogen) atoms. The van der Waals surface area contributed by atoms with Crippen molar-refractivity contribution in [3.05, 3.63) is 56.9 Å². The van der Waals surface area contributed by atoms with Crippen molar-refractivity contribution in [3.8, 4) is 11.4 Å². The molecule has 14 heteroatoms. The Morgan fingerprint density at radius 3 is 2.30 bits per heavy atom. The number of rotatable bonds is 10. The zero-order valence-corrected chi connectivity index (χ0v) is 33.5. The van der Waals surface area contributed by atoms with Gasteiger partial charge in [0.1, 0.15) is 17.8 Å². The molecule has 286 valence electrons. The zero-order chi connectivity index (χ0) is 39.1. The maximum atomic E-state index is 14.3. The van der Waals surface area contributed by atoms with Crippen molar-refractivity contribution >= 4 is 48.8 Å². The molecule has 0 fully saturated rings. The van der Waals surface area contributed by atoms with Gasteiger partial charge in [-0.25, -0.2) is 19.4 Å². The van der Waals surface area contributed by atoms with Gasteiger partial charge in [-0.2, -0.15) is 0 Å². The van der Waals surface area contributed by atoms with E-state index in [2.05, 4.69) is 30.3 Å². The van der Waals surface area contributed by atoms with Crippen LogP contribution in [0.25, 0.3) is 22.3 Å². The highest BCUT2D eigenvalue weighted by molar-refractivity contribution is 6.76. The lowest BCUT2D eigenvalue weighted by Gasteiger charge is -2.35. The molecule has 0 spiro atoms. The number of alkyl carbamates (subject to hydrolysis) is 1. The van der Waals surface area contributed by atoms with Crippen molar-refractivity contribution in [3.63, 3.8) is 0 Å². The number of carbonyl (C=O) groups is 4. The average molecular weight is 749 g/mol. The van der Waals surface area contributed by atoms with Crippen LogP contribution < -0.4 is 16.2 Å². The number of ether oxygens (including phenoxy) is 4. The predicted molar refractivity (Wildman–Crippen MR) is 204 cm³/mol. The van der Waals surface area contributed by atoms with Crippen molar-refractivity contribution in [2.45, 2.75) is 130 Å². The minimum absolute atomic E-state index is 0.0382. The number of nitrogens with one attached hydrogen (secondary N) is 2. The lowest BCUT2D eigenvalue weighted by Crippen LogP contribution is -2.47. The van der Waals surface area contributed by atoms with Crippen LogP contribution in [0.5, 0.6) is 0 Å². The number of cyclic esters (lactones) is 1. The Bertz CT molecular complexity index is 2020. The Morgan fingerprint density at radius 1 is 0.981 bits per heavy atom. The number of pyridine rings is 2. The van der Waals surface area contributed by atoms with Gasteiger partial charge >= 0.3 is 24.1 Å². The zero-order valence-electron chi connectivity index (χ0n) is 32.5. The molecular formula is C39H52N4O9Si. The van der Waals surface area contributed by atoms with Gasteiger partial charge < -0.3 is 28.8 Å². The Hall–Kier alpha value is -4.72. The van der Waals surface area contributed by atoms with Crippen molar-refractivity contribution in [1.82, 2.24) is 14.9 Å². The Morgan fingerprint density at radius 2 is 1.66 bits per heavy atom. The van der Waals surface area contributed by atoms with Gasteiger partial charge in [0.05, 0.1) is 29.0 Å². The maximum absolute atomic E-state index is 14.3. The molecule has 2 aliphatic heterocycles. The number of hydrogen-bond donors (Lipinski definition) is 2. The van der Waals surface area contributed by atoms with E-state index in [1.165, 1.54) is 0 Å². The maximum Gasteiger partial charge on any atom is 0.412 e. The standard InChI is InChI=1S/C39H52N4O9Si/c1-11-39(50-31(44)13-12-17-40-35(47)51-37(2,3)4)28-20-30-32-26(21-43(30)33(45)27(28)22-49-34(39)46)24(16-18-53(8,9)10)25-19-23(14-15-29(25)42-32)41-36(48)52-38(5,6)7/h14-15,19-20H,11-13,16-18,21-22H2,1-10H3,(H,40,47)(H,41,48). The molecule has 0 bridgehead atoms. The third-order valence-corrected chi connectivity index (χ3v) is 10.8. The number of esters is 2.